The van der Waals surface area contributed by atoms with Gasteiger partial charge in [0.25, 0.3) is 10.0 Å². The van der Waals surface area contributed by atoms with E-state index in [-0.39, 0.29) is 30.8 Å². The highest BCUT2D eigenvalue weighted by Crippen LogP contribution is 2.40. The fraction of sp³-hybridized carbons (Fsp3) is 0.222. The molecule has 0 saturated carbocycles. The number of carboxylic acid groups (broad SMARTS) is 1. The minimum atomic E-state index is -4.72. The van der Waals surface area contributed by atoms with Crippen molar-refractivity contribution in [3.63, 3.8) is 0 Å². The molecule has 0 bridgehead atoms. The van der Waals surface area contributed by atoms with Crippen molar-refractivity contribution in [2.45, 2.75) is 36.9 Å². The van der Waals surface area contributed by atoms with Crippen LogP contribution in [0.2, 0.25) is 0 Å². The van der Waals surface area contributed by atoms with Gasteiger partial charge in [-0.05, 0) is 60.4 Å². The van der Waals surface area contributed by atoms with Crippen LogP contribution in [-0.2, 0) is 21.0 Å². The third-order valence-corrected chi connectivity index (χ3v) is 7.73. The van der Waals surface area contributed by atoms with Crippen LogP contribution in [0.5, 0.6) is 5.75 Å². The van der Waals surface area contributed by atoms with E-state index >= 15 is 0 Å². The number of carboxylic acids is 1. The van der Waals surface area contributed by atoms with E-state index in [4.69, 9.17) is 9.84 Å². The van der Waals surface area contributed by atoms with Crippen molar-refractivity contribution in [1.82, 2.24) is 0 Å². The molecule has 1 heterocycles. The lowest BCUT2D eigenvalue weighted by Gasteiger charge is -2.35. The summed E-state index contributed by atoms with van der Waals surface area (Å²) in [5, 5.41) is 9.06. The Morgan fingerprint density at radius 2 is 1.81 bits per heavy atom. The second-order valence-electron chi connectivity index (χ2n) is 8.65. The number of nitrogens with zero attached hydrogens (tertiary/aromatic N) is 1. The third-order valence-electron chi connectivity index (χ3n) is 5.96. The molecule has 1 aliphatic rings. The summed E-state index contributed by atoms with van der Waals surface area (Å²) in [7, 11) is -4.44. The topological polar surface area (TPSA) is 83.9 Å². The lowest BCUT2D eigenvalue weighted by Crippen LogP contribution is -2.43. The second kappa shape index (κ2) is 10.3. The van der Waals surface area contributed by atoms with Crippen molar-refractivity contribution in [3.05, 3.63) is 89.5 Å². The number of aliphatic carboxylic acids is 1. The molecule has 10 heteroatoms. The molecule has 3 aromatic rings. The van der Waals surface area contributed by atoms with Gasteiger partial charge in [-0.15, -0.1) is 0 Å². The molecule has 3 aromatic carbocycles. The summed E-state index contributed by atoms with van der Waals surface area (Å²) in [4.78, 5) is 10.6. The largest absolute Gasteiger partial charge is 0.486 e. The van der Waals surface area contributed by atoms with Gasteiger partial charge < -0.3 is 9.84 Å². The van der Waals surface area contributed by atoms with E-state index < -0.39 is 38.7 Å². The summed E-state index contributed by atoms with van der Waals surface area (Å²) in [6, 6.07) is 18.0. The molecule has 0 amide bonds. The smallest absolute Gasteiger partial charge is 0.416 e. The zero-order chi connectivity index (χ0) is 26.8. The van der Waals surface area contributed by atoms with Gasteiger partial charge in [-0.1, -0.05) is 48.5 Å². The van der Waals surface area contributed by atoms with Gasteiger partial charge in [-0.3, -0.25) is 9.10 Å². The van der Waals surface area contributed by atoms with Gasteiger partial charge in [-0.25, -0.2) is 8.42 Å². The average molecular weight is 532 g/mol. The molecule has 0 fully saturated rings. The number of carbonyl (C=O) groups is 1. The van der Waals surface area contributed by atoms with Crippen molar-refractivity contribution >= 4 is 33.3 Å². The summed E-state index contributed by atoms with van der Waals surface area (Å²) in [6.07, 6.45) is -3.88. The van der Waals surface area contributed by atoms with Gasteiger partial charge in [0.1, 0.15) is 11.9 Å². The molecule has 0 spiro atoms. The zero-order valence-electron chi connectivity index (χ0n) is 19.8. The van der Waals surface area contributed by atoms with Crippen molar-refractivity contribution in [2.75, 3.05) is 10.8 Å². The number of allylic oxidation sites excluding steroid dienone is 1. The Balaban J connectivity index is 1.78. The summed E-state index contributed by atoms with van der Waals surface area (Å²) in [5.74, 6) is -0.870. The van der Waals surface area contributed by atoms with Crippen LogP contribution in [0.3, 0.4) is 0 Å². The van der Waals surface area contributed by atoms with Crippen molar-refractivity contribution in [3.8, 4) is 5.75 Å². The molecule has 0 aromatic heterocycles. The molecule has 0 saturated heterocycles. The number of halogens is 3. The quantitative estimate of drug-likeness (QED) is 0.373. The van der Waals surface area contributed by atoms with Crippen LogP contribution in [0.25, 0.3) is 11.6 Å². The number of ether oxygens (including phenoxy) is 1. The highest BCUT2D eigenvalue weighted by molar-refractivity contribution is 7.92. The lowest BCUT2D eigenvalue weighted by atomic mass is 10.0. The maximum Gasteiger partial charge on any atom is 0.416 e. The summed E-state index contributed by atoms with van der Waals surface area (Å²) in [6.45, 7) is 1.66. The Kier molecular flexibility index (Phi) is 7.31. The van der Waals surface area contributed by atoms with Crippen molar-refractivity contribution < 1.29 is 36.2 Å². The van der Waals surface area contributed by atoms with E-state index in [1.165, 1.54) is 0 Å². The molecule has 4 rings (SSSR count). The Labute approximate surface area is 212 Å². The Morgan fingerprint density at radius 1 is 1.08 bits per heavy atom. The molecule has 0 radical (unpaired) electrons. The number of alkyl halides is 3. The first-order chi connectivity index (χ1) is 17.4. The predicted molar refractivity (Wildman–Crippen MR) is 134 cm³/mol. The van der Waals surface area contributed by atoms with E-state index in [1.807, 2.05) is 43.3 Å². The standard InChI is InChI=1S/C27H24F3NO5S/c1-18(20-6-3-2-4-7-20)14-19-10-12-25-24(15-19)31(17-22(36-25)11-13-26(32)33)37(34,35)23-9-5-8-21(16-23)27(28,29)30/h2-10,12,14-16,22H,11,13,17H2,1H3,(H,32,33)/b18-14+/t22-/m0/s1. The fourth-order valence-corrected chi connectivity index (χ4v) is 5.62. The van der Waals surface area contributed by atoms with E-state index in [1.54, 1.807) is 18.2 Å². The van der Waals surface area contributed by atoms with Gasteiger partial charge in [0.05, 0.1) is 22.7 Å². The molecular formula is C27H24F3NO5S. The minimum Gasteiger partial charge on any atom is -0.486 e. The van der Waals surface area contributed by atoms with Crippen LogP contribution in [0, 0.1) is 0 Å². The first-order valence-electron chi connectivity index (χ1n) is 11.4. The van der Waals surface area contributed by atoms with Gasteiger partial charge in [0, 0.05) is 6.42 Å². The molecule has 37 heavy (non-hydrogen) atoms. The fourth-order valence-electron chi connectivity index (χ4n) is 4.08. The SMILES string of the molecule is C/C(=C\c1ccc2c(c1)N(S(=O)(=O)c1cccc(C(F)(F)F)c1)C[C@H](CCC(=O)O)O2)c1ccccc1. The van der Waals surface area contributed by atoms with Crippen LogP contribution in [-0.4, -0.2) is 32.1 Å². The van der Waals surface area contributed by atoms with Crippen LogP contribution in [0.1, 0.15) is 36.5 Å². The lowest BCUT2D eigenvalue weighted by molar-refractivity contribution is -0.138. The summed E-state index contributed by atoms with van der Waals surface area (Å²) in [5.41, 5.74) is 1.64. The molecule has 1 aliphatic heterocycles. The average Bonchev–Trinajstić information content (AvgIpc) is 2.87. The maximum atomic E-state index is 13.6. The number of hydrogen-bond donors (Lipinski definition) is 1. The van der Waals surface area contributed by atoms with E-state index in [2.05, 4.69) is 0 Å². The third kappa shape index (κ3) is 5.96. The van der Waals surface area contributed by atoms with Gasteiger partial charge in [-0.2, -0.15) is 13.2 Å². The van der Waals surface area contributed by atoms with Crippen molar-refractivity contribution in [2.24, 2.45) is 0 Å². The number of anilines is 1. The number of fused-ring (bicyclic) bond motifs is 1. The Morgan fingerprint density at radius 3 is 2.49 bits per heavy atom. The van der Waals surface area contributed by atoms with E-state index in [0.29, 0.717) is 11.6 Å². The number of hydrogen-bond acceptors (Lipinski definition) is 4. The van der Waals surface area contributed by atoms with E-state index in [0.717, 1.165) is 33.6 Å². The number of rotatable bonds is 7. The van der Waals surface area contributed by atoms with Gasteiger partial charge in [0.2, 0.25) is 0 Å². The Hall–Kier alpha value is -3.79. The molecule has 1 N–H and O–H groups in total. The monoisotopic (exact) mass is 531 g/mol. The van der Waals surface area contributed by atoms with Crippen LogP contribution >= 0.6 is 0 Å². The van der Waals surface area contributed by atoms with Gasteiger partial charge in [0.15, 0.2) is 0 Å². The van der Waals surface area contributed by atoms with Gasteiger partial charge >= 0.3 is 12.1 Å². The predicted octanol–water partition coefficient (Wildman–Crippen LogP) is 6.09. The first-order valence-corrected chi connectivity index (χ1v) is 12.9. The highest BCUT2D eigenvalue weighted by atomic mass is 32.2. The maximum absolute atomic E-state index is 13.6. The Bertz CT molecular complexity index is 1440. The number of benzene rings is 3. The second-order valence-corrected chi connectivity index (χ2v) is 10.5. The summed E-state index contributed by atoms with van der Waals surface area (Å²) < 4.78 is 74.1. The first kappa shape index (κ1) is 26.3. The number of sulfonamides is 1. The molecule has 194 valence electrons. The highest BCUT2D eigenvalue weighted by Gasteiger charge is 2.37. The summed E-state index contributed by atoms with van der Waals surface area (Å²) >= 11 is 0. The van der Waals surface area contributed by atoms with Crippen LogP contribution < -0.4 is 9.04 Å². The molecular weight excluding hydrogens is 507 g/mol. The van der Waals surface area contributed by atoms with E-state index in [9.17, 15) is 26.4 Å². The molecule has 6 nitrogen and oxygen atoms in total. The normalized spacial score (nSPS) is 16.2. The van der Waals surface area contributed by atoms with Crippen LogP contribution in [0.15, 0.2) is 77.7 Å². The zero-order valence-corrected chi connectivity index (χ0v) is 20.6. The van der Waals surface area contributed by atoms with Crippen molar-refractivity contribution in [1.29, 1.82) is 0 Å². The minimum absolute atomic E-state index is 0.0259. The molecule has 0 aliphatic carbocycles. The molecule has 0 unspecified atom stereocenters. The molecule has 1 atom stereocenters. The van der Waals surface area contributed by atoms with Crippen LogP contribution in [0.4, 0.5) is 18.9 Å².